The van der Waals surface area contributed by atoms with Crippen LogP contribution >= 0.6 is 0 Å². The van der Waals surface area contributed by atoms with Crippen molar-refractivity contribution in [3.05, 3.63) is 0 Å². The fraction of sp³-hybridized carbons (Fsp3) is 0.938. The molecule has 2 fully saturated rings. The van der Waals surface area contributed by atoms with Gasteiger partial charge in [-0.15, -0.1) is 0 Å². The summed E-state index contributed by atoms with van der Waals surface area (Å²) in [6.07, 6.45) is 8.95. The molecule has 1 heterocycles. The molecule has 1 saturated carbocycles. The fourth-order valence-electron chi connectivity index (χ4n) is 3.96. The molecule has 1 aliphatic carbocycles. The van der Waals surface area contributed by atoms with Crippen LogP contribution in [0.25, 0.3) is 0 Å². The summed E-state index contributed by atoms with van der Waals surface area (Å²) in [5.74, 6) is 0.719. The van der Waals surface area contributed by atoms with Crippen molar-refractivity contribution in [1.29, 1.82) is 5.26 Å². The highest BCUT2D eigenvalue weighted by atomic mass is 15.3. The monoisotopic (exact) mass is 263 g/mol. The standard InChI is InChI=1S/C16H29N3/c1-14-11-18(2)13-16(9-10-17)19(12-14)15-7-5-3-4-6-8-15/h14-16H,3-9,11-13H2,1-2H3. The van der Waals surface area contributed by atoms with E-state index < -0.39 is 0 Å². The molecule has 0 spiro atoms. The lowest BCUT2D eigenvalue weighted by atomic mass is 10.0. The average molecular weight is 263 g/mol. The van der Waals surface area contributed by atoms with Gasteiger partial charge in [0.15, 0.2) is 0 Å². The van der Waals surface area contributed by atoms with Gasteiger partial charge in [0.25, 0.3) is 0 Å². The molecule has 1 saturated heterocycles. The van der Waals surface area contributed by atoms with Crippen molar-refractivity contribution < 1.29 is 0 Å². The van der Waals surface area contributed by atoms with Gasteiger partial charge >= 0.3 is 0 Å². The molecule has 3 heteroatoms. The maximum Gasteiger partial charge on any atom is 0.0638 e. The second-order valence-corrected chi connectivity index (χ2v) is 6.68. The summed E-state index contributed by atoms with van der Waals surface area (Å²) >= 11 is 0. The minimum absolute atomic E-state index is 0.447. The third-order valence-electron chi connectivity index (χ3n) is 4.76. The number of nitrogens with zero attached hydrogens (tertiary/aromatic N) is 3. The first kappa shape index (κ1) is 14.8. The summed E-state index contributed by atoms with van der Waals surface area (Å²) in [7, 11) is 2.21. The van der Waals surface area contributed by atoms with Crippen LogP contribution in [0.4, 0.5) is 0 Å². The number of hydrogen-bond donors (Lipinski definition) is 0. The molecule has 19 heavy (non-hydrogen) atoms. The van der Waals surface area contributed by atoms with Crippen LogP contribution in [0.3, 0.4) is 0 Å². The lowest BCUT2D eigenvalue weighted by molar-refractivity contribution is 0.114. The Morgan fingerprint density at radius 3 is 2.37 bits per heavy atom. The summed E-state index contributed by atoms with van der Waals surface area (Å²) in [6, 6.07) is 3.60. The molecule has 0 radical (unpaired) electrons. The molecule has 2 unspecified atom stereocenters. The number of hydrogen-bond acceptors (Lipinski definition) is 3. The van der Waals surface area contributed by atoms with Crippen molar-refractivity contribution in [2.45, 2.75) is 64.0 Å². The van der Waals surface area contributed by atoms with E-state index in [-0.39, 0.29) is 0 Å². The largest absolute Gasteiger partial charge is 0.304 e. The topological polar surface area (TPSA) is 30.3 Å². The van der Waals surface area contributed by atoms with Crippen LogP contribution in [0.1, 0.15) is 51.9 Å². The zero-order valence-corrected chi connectivity index (χ0v) is 12.6. The van der Waals surface area contributed by atoms with Gasteiger partial charge in [0.1, 0.15) is 0 Å². The normalized spacial score (nSPS) is 32.5. The third kappa shape index (κ3) is 4.19. The SMILES string of the molecule is CC1CN(C)CC(CC#N)N(C2CCCCCC2)C1. The van der Waals surface area contributed by atoms with E-state index in [9.17, 15) is 0 Å². The molecule has 2 aliphatic rings. The first-order valence-corrected chi connectivity index (χ1v) is 8.02. The molecular formula is C16H29N3. The Kier molecular flexibility index (Phi) is 5.66. The molecule has 3 nitrogen and oxygen atoms in total. The van der Waals surface area contributed by atoms with E-state index in [1.54, 1.807) is 0 Å². The van der Waals surface area contributed by atoms with Gasteiger partial charge in [-0.2, -0.15) is 5.26 Å². The lowest BCUT2D eigenvalue weighted by Crippen LogP contribution is -2.46. The van der Waals surface area contributed by atoms with Crippen molar-refractivity contribution >= 4 is 0 Å². The first-order valence-electron chi connectivity index (χ1n) is 8.02. The Morgan fingerprint density at radius 2 is 1.74 bits per heavy atom. The maximum atomic E-state index is 9.14. The second kappa shape index (κ2) is 7.26. The third-order valence-corrected chi connectivity index (χ3v) is 4.76. The lowest BCUT2D eigenvalue weighted by Gasteiger charge is -2.37. The smallest absolute Gasteiger partial charge is 0.0638 e. The van der Waals surface area contributed by atoms with E-state index in [0.717, 1.165) is 18.5 Å². The van der Waals surface area contributed by atoms with Gasteiger partial charge in [-0.3, -0.25) is 4.90 Å². The van der Waals surface area contributed by atoms with Crippen molar-refractivity contribution in [3.63, 3.8) is 0 Å². The Labute approximate surface area is 118 Å². The van der Waals surface area contributed by atoms with Gasteiger partial charge in [-0.05, 0) is 25.8 Å². The average Bonchev–Trinajstić information content (AvgIpc) is 2.69. The summed E-state index contributed by atoms with van der Waals surface area (Å²) in [6.45, 7) is 5.77. The van der Waals surface area contributed by atoms with E-state index in [4.69, 9.17) is 5.26 Å². The summed E-state index contributed by atoms with van der Waals surface area (Å²) in [4.78, 5) is 5.12. The number of rotatable bonds is 2. The zero-order valence-electron chi connectivity index (χ0n) is 12.6. The molecule has 0 aromatic heterocycles. The van der Waals surface area contributed by atoms with Crippen LogP contribution in [0.2, 0.25) is 0 Å². The molecule has 2 atom stereocenters. The molecule has 1 aliphatic heterocycles. The van der Waals surface area contributed by atoms with Crippen molar-refractivity contribution in [2.75, 3.05) is 26.7 Å². The summed E-state index contributed by atoms with van der Waals surface area (Å²) in [5.41, 5.74) is 0. The molecular weight excluding hydrogens is 234 g/mol. The van der Waals surface area contributed by atoms with Crippen LogP contribution in [-0.2, 0) is 0 Å². The minimum Gasteiger partial charge on any atom is -0.304 e. The zero-order chi connectivity index (χ0) is 13.7. The van der Waals surface area contributed by atoms with E-state index in [0.29, 0.717) is 12.5 Å². The summed E-state index contributed by atoms with van der Waals surface area (Å²) < 4.78 is 0. The molecule has 0 bridgehead atoms. The van der Waals surface area contributed by atoms with Gasteiger partial charge in [0, 0.05) is 31.7 Å². The van der Waals surface area contributed by atoms with Gasteiger partial charge in [0.2, 0.25) is 0 Å². The Balaban J connectivity index is 2.09. The molecule has 0 aromatic carbocycles. The van der Waals surface area contributed by atoms with Gasteiger partial charge in [-0.1, -0.05) is 32.6 Å². The number of likely N-dealkylation sites (N-methyl/N-ethyl adjacent to an activating group) is 1. The molecule has 0 aromatic rings. The van der Waals surface area contributed by atoms with E-state index in [1.165, 1.54) is 51.6 Å². The summed E-state index contributed by atoms with van der Waals surface area (Å²) in [5, 5.41) is 9.14. The Bertz CT molecular complexity index is 302. The van der Waals surface area contributed by atoms with Crippen LogP contribution < -0.4 is 0 Å². The van der Waals surface area contributed by atoms with Gasteiger partial charge in [-0.25, -0.2) is 0 Å². The van der Waals surface area contributed by atoms with Gasteiger partial charge in [0.05, 0.1) is 12.5 Å². The predicted molar refractivity (Wildman–Crippen MR) is 78.9 cm³/mol. The van der Waals surface area contributed by atoms with Gasteiger partial charge < -0.3 is 4.90 Å². The minimum atomic E-state index is 0.447. The van der Waals surface area contributed by atoms with E-state index in [2.05, 4.69) is 29.8 Å². The highest BCUT2D eigenvalue weighted by molar-refractivity contribution is 4.91. The Hall–Kier alpha value is -0.590. The molecule has 2 rings (SSSR count). The maximum absolute atomic E-state index is 9.14. The highest BCUT2D eigenvalue weighted by Crippen LogP contribution is 2.27. The van der Waals surface area contributed by atoms with E-state index in [1.807, 2.05) is 0 Å². The molecule has 108 valence electrons. The van der Waals surface area contributed by atoms with Crippen LogP contribution in [-0.4, -0.2) is 48.6 Å². The van der Waals surface area contributed by atoms with Crippen LogP contribution in [0, 0.1) is 17.2 Å². The van der Waals surface area contributed by atoms with Crippen LogP contribution in [0.5, 0.6) is 0 Å². The molecule has 0 amide bonds. The fourth-order valence-corrected chi connectivity index (χ4v) is 3.96. The Morgan fingerprint density at radius 1 is 1.05 bits per heavy atom. The van der Waals surface area contributed by atoms with Crippen molar-refractivity contribution in [2.24, 2.45) is 5.92 Å². The van der Waals surface area contributed by atoms with Crippen molar-refractivity contribution in [1.82, 2.24) is 9.80 Å². The first-order chi connectivity index (χ1) is 9.20. The number of nitriles is 1. The van der Waals surface area contributed by atoms with Crippen LogP contribution in [0.15, 0.2) is 0 Å². The quantitative estimate of drug-likeness (QED) is 0.718. The van der Waals surface area contributed by atoms with Crippen molar-refractivity contribution in [3.8, 4) is 6.07 Å². The predicted octanol–water partition coefficient (Wildman–Crippen LogP) is 2.87. The molecule has 0 N–H and O–H groups in total. The second-order valence-electron chi connectivity index (χ2n) is 6.68. The highest BCUT2D eigenvalue weighted by Gasteiger charge is 2.31. The van der Waals surface area contributed by atoms with E-state index >= 15 is 0 Å².